The Labute approximate surface area is 141 Å². The summed E-state index contributed by atoms with van der Waals surface area (Å²) in [6, 6.07) is 5.12. The molecule has 1 N–H and O–H groups in total. The lowest BCUT2D eigenvalue weighted by Crippen LogP contribution is -2.40. The zero-order chi connectivity index (χ0) is 17.3. The van der Waals surface area contributed by atoms with Crippen molar-refractivity contribution in [3.8, 4) is 0 Å². The minimum absolute atomic E-state index is 0.0514. The molecule has 0 aromatic heterocycles. The number of carbonyl (C=O) groups is 3. The summed E-state index contributed by atoms with van der Waals surface area (Å²) in [4.78, 5) is 36.5. The predicted molar refractivity (Wildman–Crippen MR) is 89.7 cm³/mol. The Kier molecular flexibility index (Phi) is 4.69. The van der Waals surface area contributed by atoms with Gasteiger partial charge in [-0.2, -0.15) is 0 Å². The van der Waals surface area contributed by atoms with Gasteiger partial charge in [-0.05, 0) is 50.3 Å². The zero-order valence-electron chi connectivity index (χ0n) is 14.1. The maximum atomic E-state index is 12.7. The van der Waals surface area contributed by atoms with E-state index in [1.54, 1.807) is 18.2 Å². The van der Waals surface area contributed by atoms with Crippen LogP contribution in [0.5, 0.6) is 0 Å². The maximum Gasteiger partial charge on any atom is 0.337 e. The summed E-state index contributed by atoms with van der Waals surface area (Å²) in [5.74, 6) is -0.146. The van der Waals surface area contributed by atoms with E-state index in [1.165, 1.54) is 7.11 Å². The number of amides is 1. The van der Waals surface area contributed by atoms with Gasteiger partial charge in [0.25, 0.3) is 0 Å². The molecular formula is C19H23NO4. The number of benzene rings is 1. The van der Waals surface area contributed by atoms with Gasteiger partial charge in [-0.1, -0.05) is 12.5 Å². The third-order valence-corrected chi connectivity index (χ3v) is 5.34. The normalized spacial score (nSPS) is 25.9. The van der Waals surface area contributed by atoms with Crippen molar-refractivity contribution < 1.29 is 19.1 Å². The lowest BCUT2D eigenvalue weighted by molar-refractivity contribution is -0.136. The SMILES string of the molecule is COC(=O)c1ccc(C)c(NC(=O)C2C[C@H]3CCC[C@@H](C2)C3=O)c1. The third-order valence-electron chi connectivity index (χ3n) is 5.34. The first-order valence-corrected chi connectivity index (χ1v) is 8.53. The minimum Gasteiger partial charge on any atom is -0.465 e. The van der Waals surface area contributed by atoms with Crippen LogP contribution in [0.3, 0.4) is 0 Å². The number of fused-ring (bicyclic) bond motifs is 2. The largest absolute Gasteiger partial charge is 0.465 e. The molecule has 3 rings (SSSR count). The monoisotopic (exact) mass is 329 g/mol. The van der Waals surface area contributed by atoms with Crippen LogP contribution >= 0.6 is 0 Å². The minimum atomic E-state index is -0.428. The summed E-state index contributed by atoms with van der Waals surface area (Å²) in [5, 5.41) is 2.95. The maximum absolute atomic E-state index is 12.7. The standard InChI is InChI=1S/C19H23NO4/c1-11-6-7-14(19(23)24-2)10-16(11)20-18(22)15-8-12-4-3-5-13(9-15)17(12)21/h6-7,10,12-13,15H,3-5,8-9H2,1-2H3,(H,20,22)/t12-,13+,15?. The fourth-order valence-corrected chi connectivity index (χ4v) is 3.93. The lowest BCUT2D eigenvalue weighted by Gasteiger charge is -2.37. The quantitative estimate of drug-likeness (QED) is 0.865. The first kappa shape index (κ1) is 16.7. The predicted octanol–water partition coefficient (Wildman–Crippen LogP) is 3.12. The second kappa shape index (κ2) is 6.75. The van der Waals surface area contributed by atoms with E-state index < -0.39 is 5.97 Å². The molecule has 3 atom stereocenters. The molecule has 1 aromatic rings. The Balaban J connectivity index is 1.73. The highest BCUT2D eigenvalue weighted by molar-refractivity contribution is 5.97. The van der Waals surface area contributed by atoms with E-state index >= 15 is 0 Å². The van der Waals surface area contributed by atoms with Crippen molar-refractivity contribution >= 4 is 23.3 Å². The number of ketones is 1. The van der Waals surface area contributed by atoms with Crippen LogP contribution in [-0.4, -0.2) is 24.8 Å². The number of Topliss-reactive ketones (excluding diaryl/α,β-unsaturated/α-hetero) is 1. The number of methoxy groups -OCH3 is 1. The average Bonchev–Trinajstić information content (AvgIpc) is 2.55. The molecular weight excluding hydrogens is 306 g/mol. The van der Waals surface area contributed by atoms with Crippen LogP contribution in [0.25, 0.3) is 0 Å². The summed E-state index contributed by atoms with van der Waals surface area (Å²) in [6.07, 6.45) is 4.22. The molecule has 0 heterocycles. The fraction of sp³-hybridized carbons (Fsp3) is 0.526. The Morgan fingerprint density at radius 3 is 2.46 bits per heavy atom. The number of esters is 1. The highest BCUT2D eigenvalue weighted by Crippen LogP contribution is 2.40. The highest BCUT2D eigenvalue weighted by Gasteiger charge is 2.41. The molecule has 5 nitrogen and oxygen atoms in total. The summed E-state index contributed by atoms with van der Waals surface area (Å²) in [6.45, 7) is 1.88. The van der Waals surface area contributed by atoms with E-state index in [-0.39, 0.29) is 23.7 Å². The number of hydrogen-bond acceptors (Lipinski definition) is 4. The van der Waals surface area contributed by atoms with Gasteiger partial charge in [-0.15, -0.1) is 0 Å². The van der Waals surface area contributed by atoms with E-state index in [4.69, 9.17) is 4.74 Å². The summed E-state index contributed by atoms with van der Waals surface area (Å²) >= 11 is 0. The number of nitrogens with one attached hydrogen (secondary N) is 1. The highest BCUT2D eigenvalue weighted by atomic mass is 16.5. The van der Waals surface area contributed by atoms with Crippen molar-refractivity contribution in [1.29, 1.82) is 0 Å². The first-order chi connectivity index (χ1) is 11.5. The Morgan fingerprint density at radius 2 is 1.83 bits per heavy atom. The van der Waals surface area contributed by atoms with Crippen LogP contribution < -0.4 is 5.32 Å². The van der Waals surface area contributed by atoms with Gasteiger partial charge in [0, 0.05) is 23.4 Å². The zero-order valence-corrected chi connectivity index (χ0v) is 14.1. The topological polar surface area (TPSA) is 72.5 Å². The molecule has 2 bridgehead atoms. The van der Waals surface area contributed by atoms with Gasteiger partial charge in [0.05, 0.1) is 12.7 Å². The molecule has 2 fully saturated rings. The van der Waals surface area contributed by atoms with E-state index in [0.29, 0.717) is 29.9 Å². The fourth-order valence-electron chi connectivity index (χ4n) is 3.93. The number of anilines is 1. The molecule has 1 amide bonds. The average molecular weight is 329 g/mol. The second-order valence-corrected chi connectivity index (χ2v) is 6.91. The molecule has 1 unspecified atom stereocenters. The van der Waals surface area contributed by atoms with Gasteiger partial charge in [0.2, 0.25) is 5.91 Å². The van der Waals surface area contributed by atoms with Crippen LogP contribution in [0.4, 0.5) is 5.69 Å². The summed E-state index contributed by atoms with van der Waals surface area (Å²) < 4.78 is 4.73. The third kappa shape index (κ3) is 3.21. The summed E-state index contributed by atoms with van der Waals surface area (Å²) in [5.41, 5.74) is 1.93. The summed E-state index contributed by atoms with van der Waals surface area (Å²) in [7, 11) is 1.33. The van der Waals surface area contributed by atoms with Crippen molar-refractivity contribution in [2.24, 2.45) is 17.8 Å². The second-order valence-electron chi connectivity index (χ2n) is 6.91. The molecule has 2 saturated carbocycles. The van der Waals surface area contributed by atoms with E-state index in [2.05, 4.69) is 5.32 Å². The Hall–Kier alpha value is -2.17. The molecule has 1 aromatic carbocycles. The van der Waals surface area contributed by atoms with Crippen LogP contribution in [0.1, 0.15) is 48.0 Å². The first-order valence-electron chi connectivity index (χ1n) is 8.53. The van der Waals surface area contributed by atoms with Crippen molar-refractivity contribution in [3.63, 3.8) is 0 Å². The van der Waals surface area contributed by atoms with Crippen molar-refractivity contribution in [2.45, 2.75) is 39.0 Å². The molecule has 2 aliphatic carbocycles. The molecule has 0 spiro atoms. The van der Waals surface area contributed by atoms with Crippen LogP contribution in [0.2, 0.25) is 0 Å². The molecule has 0 radical (unpaired) electrons. The van der Waals surface area contributed by atoms with Crippen molar-refractivity contribution in [2.75, 3.05) is 12.4 Å². The number of aryl methyl sites for hydroxylation is 1. The molecule has 128 valence electrons. The van der Waals surface area contributed by atoms with E-state index in [0.717, 1.165) is 24.8 Å². The van der Waals surface area contributed by atoms with Crippen molar-refractivity contribution in [1.82, 2.24) is 0 Å². The Bertz CT molecular complexity index is 666. The van der Waals surface area contributed by atoms with Gasteiger partial charge in [0.15, 0.2) is 0 Å². The molecule has 0 aliphatic heterocycles. The van der Waals surface area contributed by atoms with Crippen LogP contribution in [-0.2, 0) is 14.3 Å². The van der Waals surface area contributed by atoms with Crippen LogP contribution in [0, 0.1) is 24.7 Å². The van der Waals surface area contributed by atoms with E-state index in [9.17, 15) is 14.4 Å². The van der Waals surface area contributed by atoms with Gasteiger partial charge in [-0.3, -0.25) is 9.59 Å². The molecule has 24 heavy (non-hydrogen) atoms. The number of hydrogen-bond donors (Lipinski definition) is 1. The van der Waals surface area contributed by atoms with E-state index in [1.807, 2.05) is 6.92 Å². The molecule has 2 aliphatic rings. The van der Waals surface area contributed by atoms with Gasteiger partial charge in [0.1, 0.15) is 5.78 Å². The smallest absolute Gasteiger partial charge is 0.337 e. The van der Waals surface area contributed by atoms with Gasteiger partial charge < -0.3 is 10.1 Å². The lowest BCUT2D eigenvalue weighted by atomic mass is 9.67. The van der Waals surface area contributed by atoms with Crippen LogP contribution in [0.15, 0.2) is 18.2 Å². The van der Waals surface area contributed by atoms with Crippen molar-refractivity contribution in [3.05, 3.63) is 29.3 Å². The van der Waals surface area contributed by atoms with Gasteiger partial charge in [-0.25, -0.2) is 4.79 Å². The molecule has 5 heteroatoms. The molecule has 0 saturated heterocycles. The number of ether oxygens (including phenoxy) is 1. The number of rotatable bonds is 3. The Morgan fingerprint density at radius 1 is 1.17 bits per heavy atom. The number of carbonyl (C=O) groups excluding carboxylic acids is 3. The van der Waals surface area contributed by atoms with Gasteiger partial charge >= 0.3 is 5.97 Å².